The third kappa shape index (κ3) is 2.35. The van der Waals surface area contributed by atoms with Gasteiger partial charge in [-0.25, -0.2) is 9.78 Å². The first kappa shape index (κ1) is 11.4. The van der Waals surface area contributed by atoms with Crippen molar-refractivity contribution in [1.82, 2.24) is 4.98 Å². The maximum Gasteiger partial charge on any atom is 0.357 e. The SMILES string of the molecule is CC1(Nc2scnc2C(=O)O)CCCCC1. The van der Waals surface area contributed by atoms with Crippen LogP contribution in [0.3, 0.4) is 0 Å². The van der Waals surface area contributed by atoms with Crippen LogP contribution in [-0.2, 0) is 0 Å². The molecule has 1 saturated carbocycles. The molecule has 0 amide bonds. The number of carboxylic acid groups (broad SMARTS) is 1. The third-order valence-electron chi connectivity index (χ3n) is 3.14. The number of carboxylic acids is 1. The highest BCUT2D eigenvalue weighted by Gasteiger charge is 2.28. The van der Waals surface area contributed by atoms with Crippen LogP contribution in [0.1, 0.15) is 49.5 Å². The number of aromatic carboxylic acids is 1. The lowest BCUT2D eigenvalue weighted by molar-refractivity contribution is 0.0692. The molecule has 5 heteroatoms. The molecule has 0 unspecified atom stereocenters. The molecule has 0 atom stereocenters. The van der Waals surface area contributed by atoms with E-state index in [-0.39, 0.29) is 11.2 Å². The molecule has 0 aromatic carbocycles. The highest BCUT2D eigenvalue weighted by molar-refractivity contribution is 7.14. The third-order valence-corrected chi connectivity index (χ3v) is 3.88. The van der Waals surface area contributed by atoms with Gasteiger partial charge in [-0.3, -0.25) is 0 Å². The summed E-state index contributed by atoms with van der Waals surface area (Å²) in [6.07, 6.45) is 5.91. The molecule has 1 fully saturated rings. The molecule has 16 heavy (non-hydrogen) atoms. The van der Waals surface area contributed by atoms with Crippen LogP contribution in [0, 0.1) is 0 Å². The van der Waals surface area contributed by atoms with Gasteiger partial charge in [0.2, 0.25) is 0 Å². The predicted molar refractivity (Wildman–Crippen MR) is 64.2 cm³/mol. The topological polar surface area (TPSA) is 62.2 Å². The Hall–Kier alpha value is -1.10. The molecule has 0 saturated heterocycles. The summed E-state index contributed by atoms with van der Waals surface area (Å²) in [6, 6.07) is 0. The Morgan fingerprint density at radius 2 is 2.19 bits per heavy atom. The molecule has 0 radical (unpaired) electrons. The number of hydrogen-bond donors (Lipinski definition) is 2. The summed E-state index contributed by atoms with van der Waals surface area (Å²) in [6.45, 7) is 2.16. The van der Waals surface area contributed by atoms with E-state index in [1.165, 1.54) is 30.6 Å². The normalized spacial score (nSPS) is 19.3. The molecule has 1 aliphatic carbocycles. The number of thiazole rings is 1. The Morgan fingerprint density at radius 1 is 1.50 bits per heavy atom. The highest BCUT2D eigenvalue weighted by atomic mass is 32.1. The lowest BCUT2D eigenvalue weighted by atomic mass is 9.83. The van der Waals surface area contributed by atoms with E-state index in [2.05, 4.69) is 17.2 Å². The fourth-order valence-corrected chi connectivity index (χ4v) is 3.04. The summed E-state index contributed by atoms with van der Waals surface area (Å²) in [4.78, 5) is 14.8. The molecule has 0 aliphatic heterocycles. The van der Waals surface area contributed by atoms with E-state index in [9.17, 15) is 4.79 Å². The quantitative estimate of drug-likeness (QED) is 0.852. The number of anilines is 1. The van der Waals surface area contributed by atoms with Gasteiger partial charge in [0.05, 0.1) is 5.51 Å². The first-order chi connectivity index (χ1) is 7.61. The summed E-state index contributed by atoms with van der Waals surface area (Å²) >= 11 is 1.37. The second-order valence-electron chi connectivity index (χ2n) is 4.58. The number of nitrogens with one attached hydrogen (secondary N) is 1. The van der Waals surface area contributed by atoms with Crippen LogP contribution < -0.4 is 5.32 Å². The van der Waals surface area contributed by atoms with Gasteiger partial charge in [0.25, 0.3) is 0 Å². The summed E-state index contributed by atoms with van der Waals surface area (Å²) in [7, 11) is 0. The van der Waals surface area contributed by atoms with Gasteiger partial charge in [-0.15, -0.1) is 11.3 Å². The van der Waals surface area contributed by atoms with Gasteiger partial charge in [-0.1, -0.05) is 19.3 Å². The standard InChI is InChI=1S/C11H16N2O2S/c1-11(5-3-2-4-6-11)13-9-8(10(14)15)12-7-16-9/h7,13H,2-6H2,1H3,(H,14,15). The van der Waals surface area contributed by atoms with Crippen molar-refractivity contribution in [3.8, 4) is 0 Å². The first-order valence-electron chi connectivity index (χ1n) is 5.56. The van der Waals surface area contributed by atoms with Gasteiger partial charge in [0.15, 0.2) is 5.69 Å². The van der Waals surface area contributed by atoms with E-state index in [1.807, 2.05) is 0 Å². The van der Waals surface area contributed by atoms with Crippen LogP contribution in [-0.4, -0.2) is 21.6 Å². The summed E-state index contributed by atoms with van der Waals surface area (Å²) in [5, 5.41) is 13.0. The average Bonchev–Trinajstić information content (AvgIpc) is 2.66. The molecular formula is C11H16N2O2S. The fourth-order valence-electron chi connectivity index (χ4n) is 2.22. The Bertz CT molecular complexity index is 383. The molecule has 2 N–H and O–H groups in total. The fraction of sp³-hybridized carbons (Fsp3) is 0.636. The Morgan fingerprint density at radius 3 is 2.81 bits per heavy atom. The Kier molecular flexibility index (Phi) is 3.14. The van der Waals surface area contributed by atoms with E-state index in [1.54, 1.807) is 5.51 Å². The van der Waals surface area contributed by atoms with Gasteiger partial charge in [-0.05, 0) is 19.8 Å². The highest BCUT2D eigenvalue weighted by Crippen LogP contribution is 2.33. The molecule has 0 bridgehead atoms. The van der Waals surface area contributed by atoms with Crippen molar-refractivity contribution in [2.24, 2.45) is 0 Å². The zero-order valence-corrected chi connectivity index (χ0v) is 10.1. The number of nitrogens with zero attached hydrogens (tertiary/aromatic N) is 1. The number of hydrogen-bond acceptors (Lipinski definition) is 4. The number of aromatic nitrogens is 1. The van der Waals surface area contributed by atoms with E-state index >= 15 is 0 Å². The molecule has 1 heterocycles. The van der Waals surface area contributed by atoms with Crippen LogP contribution in [0.15, 0.2) is 5.51 Å². The molecule has 2 rings (SSSR count). The van der Waals surface area contributed by atoms with Crippen LogP contribution >= 0.6 is 11.3 Å². The van der Waals surface area contributed by atoms with Gasteiger partial charge in [-0.2, -0.15) is 0 Å². The van der Waals surface area contributed by atoms with Gasteiger partial charge < -0.3 is 10.4 Å². The van der Waals surface area contributed by atoms with Crippen LogP contribution in [0.25, 0.3) is 0 Å². The second kappa shape index (κ2) is 4.41. The molecule has 0 spiro atoms. The van der Waals surface area contributed by atoms with Crippen molar-refractivity contribution in [2.45, 2.75) is 44.6 Å². The van der Waals surface area contributed by atoms with Gasteiger partial charge in [0.1, 0.15) is 5.00 Å². The molecular weight excluding hydrogens is 224 g/mol. The first-order valence-corrected chi connectivity index (χ1v) is 6.44. The minimum atomic E-state index is -0.955. The molecule has 1 aromatic heterocycles. The summed E-state index contributed by atoms with van der Waals surface area (Å²) in [5.41, 5.74) is 1.77. The molecule has 1 aliphatic rings. The summed E-state index contributed by atoms with van der Waals surface area (Å²) in [5.74, 6) is -0.955. The van der Waals surface area contributed by atoms with E-state index in [4.69, 9.17) is 5.11 Å². The zero-order valence-electron chi connectivity index (χ0n) is 9.32. The van der Waals surface area contributed by atoms with Crippen molar-refractivity contribution >= 4 is 22.3 Å². The minimum Gasteiger partial charge on any atom is -0.476 e. The number of rotatable bonds is 3. The predicted octanol–water partition coefficient (Wildman–Crippen LogP) is 2.98. The minimum absolute atomic E-state index is 0.0367. The van der Waals surface area contributed by atoms with Crippen molar-refractivity contribution in [1.29, 1.82) is 0 Å². The Labute approximate surface area is 98.7 Å². The van der Waals surface area contributed by atoms with Gasteiger partial charge >= 0.3 is 5.97 Å². The molecule has 4 nitrogen and oxygen atoms in total. The Balaban J connectivity index is 2.13. The lowest BCUT2D eigenvalue weighted by Crippen LogP contribution is -2.36. The van der Waals surface area contributed by atoms with E-state index < -0.39 is 5.97 Å². The number of carbonyl (C=O) groups is 1. The summed E-state index contributed by atoms with van der Waals surface area (Å²) < 4.78 is 0. The average molecular weight is 240 g/mol. The monoisotopic (exact) mass is 240 g/mol. The van der Waals surface area contributed by atoms with Crippen molar-refractivity contribution in [3.05, 3.63) is 11.2 Å². The van der Waals surface area contributed by atoms with Crippen LogP contribution in [0.2, 0.25) is 0 Å². The van der Waals surface area contributed by atoms with Crippen molar-refractivity contribution in [3.63, 3.8) is 0 Å². The lowest BCUT2D eigenvalue weighted by Gasteiger charge is -2.35. The maximum atomic E-state index is 10.9. The zero-order chi connectivity index (χ0) is 11.6. The molecule has 88 valence electrons. The van der Waals surface area contributed by atoms with E-state index in [0.29, 0.717) is 5.00 Å². The van der Waals surface area contributed by atoms with E-state index in [0.717, 1.165) is 12.8 Å². The maximum absolute atomic E-state index is 10.9. The van der Waals surface area contributed by atoms with Crippen molar-refractivity contribution in [2.75, 3.05) is 5.32 Å². The van der Waals surface area contributed by atoms with Crippen molar-refractivity contribution < 1.29 is 9.90 Å². The largest absolute Gasteiger partial charge is 0.476 e. The van der Waals surface area contributed by atoms with Gasteiger partial charge in [0, 0.05) is 5.54 Å². The smallest absolute Gasteiger partial charge is 0.357 e. The second-order valence-corrected chi connectivity index (χ2v) is 5.44. The van der Waals surface area contributed by atoms with Crippen LogP contribution in [0.4, 0.5) is 5.00 Å². The van der Waals surface area contributed by atoms with Crippen LogP contribution in [0.5, 0.6) is 0 Å². The molecule has 1 aromatic rings.